The van der Waals surface area contributed by atoms with Gasteiger partial charge in [0.15, 0.2) is 0 Å². The zero-order chi connectivity index (χ0) is 14.7. The Labute approximate surface area is 124 Å². The fourth-order valence-corrected chi connectivity index (χ4v) is 2.41. The molecule has 5 heteroatoms. The topological polar surface area (TPSA) is 41.1 Å². The summed E-state index contributed by atoms with van der Waals surface area (Å²) in [6.07, 6.45) is 1.82. The summed E-state index contributed by atoms with van der Waals surface area (Å²) in [5.41, 5.74) is 2.12. The van der Waals surface area contributed by atoms with Crippen molar-refractivity contribution >= 4 is 23.4 Å². The lowest BCUT2D eigenvalue weighted by Gasteiger charge is -2.28. The third-order valence-corrected chi connectivity index (χ3v) is 3.78. The van der Waals surface area contributed by atoms with Crippen molar-refractivity contribution in [2.24, 2.45) is 0 Å². The van der Waals surface area contributed by atoms with Gasteiger partial charge < -0.3 is 10.2 Å². The van der Waals surface area contributed by atoms with E-state index in [2.05, 4.69) is 27.1 Å². The maximum absolute atomic E-state index is 6.28. The number of nitrogens with zero attached hydrogens (tertiary/aromatic N) is 3. The first-order chi connectivity index (χ1) is 9.54. The number of aromatic nitrogens is 2. The van der Waals surface area contributed by atoms with Crippen molar-refractivity contribution in [2.75, 3.05) is 24.3 Å². The van der Waals surface area contributed by atoms with Crippen LogP contribution in [0.15, 0.2) is 30.5 Å². The van der Waals surface area contributed by atoms with E-state index in [1.54, 1.807) is 0 Å². The van der Waals surface area contributed by atoms with Gasteiger partial charge in [0, 0.05) is 30.9 Å². The lowest BCUT2D eigenvalue weighted by Crippen LogP contribution is -2.24. The van der Waals surface area contributed by atoms with E-state index in [-0.39, 0.29) is 6.04 Å². The Morgan fingerprint density at radius 3 is 2.65 bits per heavy atom. The summed E-state index contributed by atoms with van der Waals surface area (Å²) in [6.45, 7) is 4.12. The summed E-state index contributed by atoms with van der Waals surface area (Å²) in [4.78, 5) is 10.9. The first-order valence-electron chi connectivity index (χ1n) is 6.53. The van der Waals surface area contributed by atoms with E-state index in [0.29, 0.717) is 5.95 Å². The molecule has 0 amide bonds. The van der Waals surface area contributed by atoms with Crippen LogP contribution in [-0.4, -0.2) is 24.1 Å². The molecule has 1 unspecified atom stereocenters. The molecule has 1 aromatic carbocycles. The predicted octanol–water partition coefficient (Wildman–Crippen LogP) is 3.68. The molecule has 1 heterocycles. The number of nitrogens with one attached hydrogen (secondary N) is 1. The quantitative estimate of drug-likeness (QED) is 0.933. The molecule has 1 aromatic heterocycles. The minimum atomic E-state index is 0.127. The Bertz CT molecular complexity index is 600. The van der Waals surface area contributed by atoms with Gasteiger partial charge in [0.25, 0.3) is 0 Å². The minimum Gasteiger partial charge on any atom is -0.357 e. The minimum absolute atomic E-state index is 0.127. The lowest BCUT2D eigenvalue weighted by atomic mass is 10.1. The van der Waals surface area contributed by atoms with Gasteiger partial charge in [0.1, 0.15) is 5.82 Å². The van der Waals surface area contributed by atoms with Gasteiger partial charge in [-0.1, -0.05) is 29.8 Å². The molecule has 2 aromatic rings. The van der Waals surface area contributed by atoms with Crippen LogP contribution in [0.4, 0.5) is 11.8 Å². The number of halogens is 1. The van der Waals surface area contributed by atoms with Crippen molar-refractivity contribution in [2.45, 2.75) is 19.9 Å². The largest absolute Gasteiger partial charge is 0.357 e. The molecular weight excluding hydrogens is 272 g/mol. The second-order valence-corrected chi connectivity index (χ2v) is 5.17. The third kappa shape index (κ3) is 2.85. The van der Waals surface area contributed by atoms with Gasteiger partial charge >= 0.3 is 0 Å². The molecule has 0 spiro atoms. The van der Waals surface area contributed by atoms with Crippen molar-refractivity contribution in [1.82, 2.24) is 9.97 Å². The van der Waals surface area contributed by atoms with Crippen LogP contribution in [0, 0.1) is 6.92 Å². The van der Waals surface area contributed by atoms with Crippen LogP contribution < -0.4 is 10.2 Å². The fraction of sp³-hybridized carbons (Fsp3) is 0.333. The number of rotatable bonds is 4. The molecule has 0 fully saturated rings. The van der Waals surface area contributed by atoms with Crippen LogP contribution in [0.5, 0.6) is 0 Å². The summed E-state index contributed by atoms with van der Waals surface area (Å²) in [6, 6.07) is 8.01. The Hall–Kier alpha value is -1.81. The van der Waals surface area contributed by atoms with Crippen molar-refractivity contribution < 1.29 is 0 Å². The Morgan fingerprint density at radius 2 is 2.00 bits per heavy atom. The lowest BCUT2D eigenvalue weighted by molar-refractivity contribution is 0.725. The summed E-state index contributed by atoms with van der Waals surface area (Å²) in [5.74, 6) is 1.51. The number of hydrogen-bond acceptors (Lipinski definition) is 4. The molecule has 2 rings (SSSR count). The summed E-state index contributed by atoms with van der Waals surface area (Å²) < 4.78 is 0. The third-order valence-electron chi connectivity index (χ3n) is 3.44. The highest BCUT2D eigenvalue weighted by Crippen LogP contribution is 2.30. The van der Waals surface area contributed by atoms with Crippen molar-refractivity contribution in [3.05, 3.63) is 46.6 Å². The van der Waals surface area contributed by atoms with Crippen LogP contribution >= 0.6 is 11.6 Å². The predicted molar refractivity (Wildman–Crippen MR) is 84.6 cm³/mol. The second-order valence-electron chi connectivity index (χ2n) is 4.76. The van der Waals surface area contributed by atoms with Crippen molar-refractivity contribution in [3.63, 3.8) is 0 Å². The Morgan fingerprint density at radius 1 is 1.30 bits per heavy atom. The summed E-state index contributed by atoms with van der Waals surface area (Å²) in [5, 5.41) is 3.74. The fourth-order valence-electron chi connectivity index (χ4n) is 2.12. The van der Waals surface area contributed by atoms with Gasteiger partial charge in [-0.25, -0.2) is 4.98 Å². The van der Waals surface area contributed by atoms with E-state index in [1.165, 1.54) is 0 Å². The van der Waals surface area contributed by atoms with E-state index >= 15 is 0 Å². The molecular formula is C15H19ClN4. The molecule has 1 N–H and O–H groups in total. The average Bonchev–Trinajstić information content (AvgIpc) is 2.47. The van der Waals surface area contributed by atoms with E-state index < -0.39 is 0 Å². The molecule has 106 valence electrons. The van der Waals surface area contributed by atoms with Gasteiger partial charge in [-0.2, -0.15) is 4.98 Å². The number of anilines is 2. The zero-order valence-corrected chi connectivity index (χ0v) is 12.9. The highest BCUT2D eigenvalue weighted by Gasteiger charge is 2.18. The molecule has 4 nitrogen and oxygen atoms in total. The van der Waals surface area contributed by atoms with E-state index in [0.717, 1.165) is 22.0 Å². The molecule has 0 aliphatic rings. The standard InChI is InChI=1S/C15H19ClN4/c1-10-9-18-15(17-3)19-14(10)20(4)11(2)12-7-5-6-8-13(12)16/h5-9,11H,1-4H3,(H,17,18,19). The van der Waals surface area contributed by atoms with Gasteiger partial charge in [-0.05, 0) is 25.5 Å². The van der Waals surface area contributed by atoms with E-state index in [1.807, 2.05) is 51.5 Å². The highest BCUT2D eigenvalue weighted by molar-refractivity contribution is 6.31. The number of hydrogen-bond donors (Lipinski definition) is 1. The molecule has 0 aliphatic heterocycles. The van der Waals surface area contributed by atoms with Gasteiger partial charge in [0.2, 0.25) is 5.95 Å². The molecule has 0 saturated carbocycles. The molecule has 0 bridgehead atoms. The molecule has 20 heavy (non-hydrogen) atoms. The SMILES string of the molecule is CNc1ncc(C)c(N(C)C(C)c2ccccc2Cl)n1. The first kappa shape index (κ1) is 14.6. The van der Waals surface area contributed by atoms with Crippen LogP contribution in [0.2, 0.25) is 5.02 Å². The zero-order valence-electron chi connectivity index (χ0n) is 12.2. The van der Waals surface area contributed by atoms with Gasteiger partial charge in [0.05, 0.1) is 6.04 Å². The van der Waals surface area contributed by atoms with Crippen LogP contribution in [0.25, 0.3) is 0 Å². The molecule has 1 atom stereocenters. The molecule has 0 saturated heterocycles. The normalized spacial score (nSPS) is 12.1. The smallest absolute Gasteiger partial charge is 0.224 e. The van der Waals surface area contributed by atoms with Crippen LogP contribution in [0.3, 0.4) is 0 Å². The Kier molecular flexibility index (Phi) is 4.45. The number of aryl methyl sites for hydroxylation is 1. The monoisotopic (exact) mass is 290 g/mol. The van der Waals surface area contributed by atoms with Gasteiger partial charge in [-0.15, -0.1) is 0 Å². The summed E-state index contributed by atoms with van der Waals surface area (Å²) in [7, 11) is 3.83. The Balaban J connectivity index is 2.36. The second kappa shape index (κ2) is 6.09. The average molecular weight is 291 g/mol. The number of benzene rings is 1. The molecule has 0 aliphatic carbocycles. The highest BCUT2D eigenvalue weighted by atomic mass is 35.5. The summed E-state index contributed by atoms with van der Waals surface area (Å²) >= 11 is 6.28. The molecule has 0 radical (unpaired) electrons. The maximum Gasteiger partial charge on any atom is 0.224 e. The maximum atomic E-state index is 6.28. The van der Waals surface area contributed by atoms with E-state index in [9.17, 15) is 0 Å². The van der Waals surface area contributed by atoms with Crippen LogP contribution in [0.1, 0.15) is 24.1 Å². The van der Waals surface area contributed by atoms with Crippen molar-refractivity contribution in [3.8, 4) is 0 Å². The van der Waals surface area contributed by atoms with Crippen molar-refractivity contribution in [1.29, 1.82) is 0 Å². The van der Waals surface area contributed by atoms with Crippen LogP contribution in [-0.2, 0) is 0 Å². The first-order valence-corrected chi connectivity index (χ1v) is 6.91. The van der Waals surface area contributed by atoms with Gasteiger partial charge in [-0.3, -0.25) is 0 Å². The van der Waals surface area contributed by atoms with E-state index in [4.69, 9.17) is 11.6 Å².